The summed E-state index contributed by atoms with van der Waals surface area (Å²) in [6, 6.07) is 10.7. The molecule has 216 valence electrons. The standard InChI is InChI=1S/C26H27ClFN7O5S/c1-26(2,24(36)37)41-25-31-33-34(32-25)11-10-19-23-30-29-20(13-28)35(23)17-9-8-14(27)12-16(17)21(40-19)15-6-5-7-18(38-3)22(15)39-4/h5-9,12,19,21H,10-11,13H2,1-4H3,(H,36,37)/t19-,21-/m0/s1. The average Bonchev–Trinajstić information content (AvgIpc) is 3.56. The molecule has 1 aliphatic heterocycles. The molecule has 0 spiro atoms. The highest BCUT2D eigenvalue weighted by atomic mass is 35.5. The molecule has 2 atom stereocenters. The maximum atomic E-state index is 14.2. The van der Waals surface area contributed by atoms with Crippen LogP contribution >= 0.6 is 23.4 Å². The Labute approximate surface area is 243 Å². The zero-order valence-electron chi connectivity index (χ0n) is 22.6. The Hall–Kier alpha value is -3.75. The topological polar surface area (TPSA) is 139 Å². The summed E-state index contributed by atoms with van der Waals surface area (Å²) >= 11 is 7.43. The Bertz CT molecular complexity index is 1580. The molecular formula is C26H27ClFN7O5S. The van der Waals surface area contributed by atoms with Crippen molar-refractivity contribution >= 4 is 29.3 Å². The number of aromatic nitrogens is 7. The number of carboxylic acid groups (broad SMARTS) is 1. The number of fused-ring (bicyclic) bond motifs is 3. The van der Waals surface area contributed by atoms with Crippen LogP contribution in [0.15, 0.2) is 41.6 Å². The monoisotopic (exact) mass is 603 g/mol. The molecule has 3 heterocycles. The number of rotatable bonds is 10. The number of aliphatic carboxylic acids is 1. The highest BCUT2D eigenvalue weighted by molar-refractivity contribution is 8.01. The van der Waals surface area contributed by atoms with Crippen molar-refractivity contribution in [2.45, 2.75) is 55.6 Å². The summed E-state index contributed by atoms with van der Waals surface area (Å²) in [4.78, 5) is 12.9. The van der Waals surface area contributed by atoms with Gasteiger partial charge in [0.25, 0.3) is 0 Å². The van der Waals surface area contributed by atoms with Gasteiger partial charge in [-0.1, -0.05) is 35.5 Å². The highest BCUT2D eigenvalue weighted by Gasteiger charge is 2.36. The van der Waals surface area contributed by atoms with E-state index in [9.17, 15) is 14.3 Å². The summed E-state index contributed by atoms with van der Waals surface area (Å²) in [6.07, 6.45) is -1.11. The largest absolute Gasteiger partial charge is 0.493 e. The van der Waals surface area contributed by atoms with E-state index in [1.165, 1.54) is 4.80 Å². The van der Waals surface area contributed by atoms with Gasteiger partial charge in [-0.25, -0.2) is 4.39 Å². The number of hydrogen-bond donors (Lipinski definition) is 1. The van der Waals surface area contributed by atoms with Gasteiger partial charge in [0, 0.05) is 22.6 Å². The number of carbonyl (C=O) groups is 1. The minimum atomic E-state index is -1.13. The number of halogens is 2. The summed E-state index contributed by atoms with van der Waals surface area (Å²) in [7, 11) is 3.09. The van der Waals surface area contributed by atoms with Gasteiger partial charge in [-0.15, -0.1) is 20.4 Å². The number of para-hydroxylation sites is 1. The molecule has 12 nitrogen and oxygen atoms in total. The third-order valence-corrected chi connectivity index (χ3v) is 7.84. The van der Waals surface area contributed by atoms with Crippen molar-refractivity contribution in [2.24, 2.45) is 0 Å². The lowest BCUT2D eigenvalue weighted by molar-refractivity contribution is -0.138. The Morgan fingerprint density at radius 3 is 2.68 bits per heavy atom. The third kappa shape index (κ3) is 5.59. The predicted octanol–water partition coefficient (Wildman–Crippen LogP) is 4.60. The number of aryl methyl sites for hydroxylation is 1. The summed E-state index contributed by atoms with van der Waals surface area (Å²) in [6.45, 7) is 2.51. The number of carboxylic acids is 1. The Morgan fingerprint density at radius 1 is 1.17 bits per heavy atom. The van der Waals surface area contributed by atoms with Crippen molar-refractivity contribution in [3.8, 4) is 17.2 Å². The van der Waals surface area contributed by atoms with E-state index in [1.54, 1.807) is 56.9 Å². The lowest BCUT2D eigenvalue weighted by Crippen LogP contribution is -2.27. The van der Waals surface area contributed by atoms with Gasteiger partial charge in [-0.05, 0) is 43.3 Å². The Balaban J connectivity index is 1.55. The molecule has 15 heteroatoms. The van der Waals surface area contributed by atoms with Gasteiger partial charge in [0.1, 0.15) is 23.6 Å². The van der Waals surface area contributed by atoms with Crippen LogP contribution in [0.3, 0.4) is 0 Å². The van der Waals surface area contributed by atoms with Crippen molar-refractivity contribution in [3.63, 3.8) is 0 Å². The van der Waals surface area contributed by atoms with Crippen molar-refractivity contribution in [1.82, 2.24) is 35.0 Å². The van der Waals surface area contributed by atoms with Crippen molar-refractivity contribution < 1.29 is 28.5 Å². The van der Waals surface area contributed by atoms with E-state index in [2.05, 4.69) is 25.6 Å². The van der Waals surface area contributed by atoms with Gasteiger partial charge in [0.05, 0.1) is 26.5 Å². The summed E-state index contributed by atoms with van der Waals surface area (Å²) < 4.78 is 32.7. The summed E-state index contributed by atoms with van der Waals surface area (Å²) in [5.74, 6) is 0.514. The Morgan fingerprint density at radius 2 is 1.98 bits per heavy atom. The van der Waals surface area contributed by atoms with E-state index in [0.717, 1.165) is 11.8 Å². The fourth-order valence-electron chi connectivity index (χ4n) is 4.55. The molecule has 2 aromatic carbocycles. The van der Waals surface area contributed by atoms with Crippen molar-refractivity contribution in [2.75, 3.05) is 14.2 Å². The molecule has 1 N–H and O–H groups in total. The molecule has 2 aromatic heterocycles. The molecule has 0 amide bonds. The van der Waals surface area contributed by atoms with Crippen LogP contribution in [0.2, 0.25) is 5.02 Å². The third-order valence-electron chi connectivity index (χ3n) is 6.58. The average molecular weight is 604 g/mol. The minimum absolute atomic E-state index is 0.115. The normalized spacial score (nSPS) is 16.5. The molecule has 5 rings (SSSR count). The number of benzene rings is 2. The molecule has 0 fully saturated rings. The smallest absolute Gasteiger partial charge is 0.319 e. The summed E-state index contributed by atoms with van der Waals surface area (Å²) in [5, 5.41) is 30.9. The predicted molar refractivity (Wildman–Crippen MR) is 146 cm³/mol. The molecule has 4 aromatic rings. The molecule has 0 radical (unpaired) electrons. The lowest BCUT2D eigenvalue weighted by Gasteiger charge is -2.25. The number of nitrogens with zero attached hydrogens (tertiary/aromatic N) is 7. The van der Waals surface area contributed by atoms with E-state index < -0.39 is 29.6 Å². The molecule has 0 aliphatic carbocycles. The zero-order valence-corrected chi connectivity index (χ0v) is 24.2. The van der Waals surface area contributed by atoms with Crippen LogP contribution in [0, 0.1) is 0 Å². The first-order valence-electron chi connectivity index (χ1n) is 12.5. The number of methoxy groups -OCH3 is 2. The van der Waals surface area contributed by atoms with Crippen LogP contribution in [-0.4, -0.2) is 65.0 Å². The van der Waals surface area contributed by atoms with E-state index in [4.69, 9.17) is 25.8 Å². The second-order valence-electron chi connectivity index (χ2n) is 9.61. The van der Waals surface area contributed by atoms with E-state index in [-0.39, 0.29) is 17.5 Å². The van der Waals surface area contributed by atoms with Crippen LogP contribution in [-0.2, 0) is 22.8 Å². The highest BCUT2D eigenvalue weighted by Crippen LogP contribution is 2.46. The van der Waals surface area contributed by atoms with Crippen molar-refractivity contribution in [1.29, 1.82) is 0 Å². The number of thioether (sulfide) groups is 1. The fraction of sp³-hybridized carbons (Fsp3) is 0.385. The molecule has 1 aliphatic rings. The van der Waals surface area contributed by atoms with Crippen LogP contribution in [0.4, 0.5) is 4.39 Å². The van der Waals surface area contributed by atoms with Crippen LogP contribution < -0.4 is 9.47 Å². The molecule has 0 unspecified atom stereocenters. The maximum Gasteiger partial charge on any atom is 0.319 e. The second kappa shape index (κ2) is 11.6. The van der Waals surface area contributed by atoms with Gasteiger partial charge in [-0.3, -0.25) is 9.36 Å². The first-order valence-corrected chi connectivity index (χ1v) is 13.7. The van der Waals surface area contributed by atoms with Gasteiger partial charge in [0.2, 0.25) is 5.16 Å². The van der Waals surface area contributed by atoms with Crippen LogP contribution in [0.5, 0.6) is 11.5 Å². The van der Waals surface area contributed by atoms with E-state index >= 15 is 0 Å². The van der Waals surface area contributed by atoms with Crippen molar-refractivity contribution in [3.05, 3.63) is 64.2 Å². The molecule has 0 bridgehead atoms. The van der Waals surface area contributed by atoms with Crippen LogP contribution in [0.1, 0.15) is 55.3 Å². The lowest BCUT2D eigenvalue weighted by atomic mass is 9.98. The molecule has 41 heavy (non-hydrogen) atoms. The number of tetrazole rings is 1. The molecule has 0 saturated heterocycles. The number of ether oxygens (including phenoxy) is 3. The van der Waals surface area contributed by atoms with Gasteiger partial charge >= 0.3 is 5.97 Å². The first kappa shape index (κ1) is 28.8. The van der Waals surface area contributed by atoms with Crippen LogP contribution in [0.25, 0.3) is 5.69 Å². The number of hydrogen-bond acceptors (Lipinski definition) is 10. The van der Waals surface area contributed by atoms with Gasteiger partial charge in [0.15, 0.2) is 23.1 Å². The van der Waals surface area contributed by atoms with Gasteiger partial charge in [-0.2, -0.15) is 4.80 Å². The molecule has 0 saturated carbocycles. The number of alkyl halides is 1. The van der Waals surface area contributed by atoms with E-state index in [1.807, 2.05) is 12.1 Å². The minimum Gasteiger partial charge on any atom is -0.493 e. The quantitative estimate of drug-likeness (QED) is 0.254. The first-order chi connectivity index (χ1) is 19.7. The van der Waals surface area contributed by atoms with E-state index in [0.29, 0.717) is 45.6 Å². The summed E-state index contributed by atoms with van der Waals surface area (Å²) in [5.41, 5.74) is 1.96. The van der Waals surface area contributed by atoms with Gasteiger partial charge < -0.3 is 19.3 Å². The SMILES string of the molecule is COc1cccc([C@@H]2O[C@@H](CCn3nnc(SC(C)(C)C(=O)O)n3)c3nnc(CF)n3-c3ccc(Cl)cc32)c1OC. The fourth-order valence-corrected chi connectivity index (χ4v) is 5.49. The zero-order chi connectivity index (χ0) is 29.3. The maximum absolute atomic E-state index is 14.2. The Kier molecular flexibility index (Phi) is 8.16. The second-order valence-corrected chi connectivity index (χ2v) is 11.6. The molecular weight excluding hydrogens is 577 g/mol.